The van der Waals surface area contributed by atoms with Gasteiger partial charge in [-0.05, 0) is 45.9 Å². The minimum absolute atomic E-state index is 0.000931. The number of ether oxygens (including phenoxy) is 1. The Balaban J connectivity index is 1.52. The van der Waals surface area contributed by atoms with E-state index in [-0.39, 0.29) is 24.4 Å². The van der Waals surface area contributed by atoms with Gasteiger partial charge in [-0.25, -0.2) is 14.3 Å². The number of nitrogens with zero attached hydrogens (tertiary/aromatic N) is 6. The molecule has 0 fully saturated rings. The van der Waals surface area contributed by atoms with Crippen molar-refractivity contribution in [3.63, 3.8) is 0 Å². The lowest BCUT2D eigenvalue weighted by molar-refractivity contribution is -0.141. The summed E-state index contributed by atoms with van der Waals surface area (Å²) in [6.07, 6.45) is -1.37. The van der Waals surface area contributed by atoms with Gasteiger partial charge in [-0.15, -0.1) is 0 Å². The molecule has 216 valence electrons. The van der Waals surface area contributed by atoms with Crippen molar-refractivity contribution < 1.29 is 22.3 Å². The van der Waals surface area contributed by atoms with E-state index in [9.17, 15) is 13.2 Å². The largest absolute Gasteiger partial charge is 0.475 e. The van der Waals surface area contributed by atoms with Crippen LogP contribution in [-0.2, 0) is 17.1 Å². The number of aromatic nitrogens is 6. The molecule has 0 spiro atoms. The first-order chi connectivity index (χ1) is 18.8. The van der Waals surface area contributed by atoms with Crippen molar-refractivity contribution in [3.8, 4) is 11.6 Å². The van der Waals surface area contributed by atoms with Crippen molar-refractivity contribution in [3.05, 3.63) is 59.3 Å². The highest BCUT2D eigenvalue weighted by molar-refractivity contribution is 6.77. The molecule has 0 unspecified atom stereocenters. The molecular formula is C27H34ClF3N6O2Si. The van der Waals surface area contributed by atoms with E-state index in [1.54, 1.807) is 41.3 Å². The average Bonchev–Trinajstić information content (AvgIpc) is 3.48. The van der Waals surface area contributed by atoms with E-state index in [0.717, 1.165) is 17.0 Å². The molecule has 0 aliphatic carbocycles. The quantitative estimate of drug-likeness (QED) is 0.103. The molecule has 0 saturated carbocycles. The monoisotopic (exact) mass is 594 g/mol. The molecule has 0 amide bonds. The fourth-order valence-corrected chi connectivity index (χ4v) is 11.1. The highest BCUT2D eigenvalue weighted by Gasteiger charge is 2.45. The third-order valence-electron chi connectivity index (χ3n) is 7.22. The van der Waals surface area contributed by atoms with Crippen LogP contribution in [0.3, 0.4) is 0 Å². The molecule has 0 aliphatic heterocycles. The molecular weight excluding hydrogens is 561 g/mol. The van der Waals surface area contributed by atoms with Gasteiger partial charge in [0.2, 0.25) is 11.2 Å². The van der Waals surface area contributed by atoms with Crippen LogP contribution in [0.2, 0.25) is 21.9 Å². The van der Waals surface area contributed by atoms with Gasteiger partial charge in [-0.1, -0.05) is 53.7 Å². The Morgan fingerprint density at radius 2 is 1.60 bits per heavy atom. The van der Waals surface area contributed by atoms with Crippen molar-refractivity contribution in [2.45, 2.75) is 70.9 Å². The number of fused-ring (bicyclic) bond motifs is 1. The molecule has 4 rings (SSSR count). The summed E-state index contributed by atoms with van der Waals surface area (Å²) in [6, 6.07) is 7.88. The van der Waals surface area contributed by atoms with Gasteiger partial charge >= 0.3 is 6.18 Å². The van der Waals surface area contributed by atoms with Crippen molar-refractivity contribution in [2.24, 2.45) is 0 Å². The Kier molecular flexibility index (Phi) is 8.91. The Morgan fingerprint density at radius 3 is 2.20 bits per heavy atom. The van der Waals surface area contributed by atoms with Gasteiger partial charge in [0.15, 0.2) is 19.7 Å². The van der Waals surface area contributed by atoms with Crippen LogP contribution in [0.25, 0.3) is 16.7 Å². The second-order valence-electron chi connectivity index (χ2n) is 10.7. The Morgan fingerprint density at radius 1 is 0.950 bits per heavy atom. The number of alkyl halides is 3. The molecule has 0 bridgehead atoms. The topological polar surface area (TPSA) is 79.9 Å². The summed E-state index contributed by atoms with van der Waals surface area (Å²) in [5.41, 5.74) is 2.01. The number of halogens is 4. The number of hydrogen-bond acceptors (Lipinski definition) is 6. The maximum Gasteiger partial charge on any atom is 0.435 e. The van der Waals surface area contributed by atoms with E-state index in [1.807, 2.05) is 0 Å². The normalized spacial score (nSPS) is 12.8. The first-order valence-electron chi connectivity index (χ1n) is 13.2. The van der Waals surface area contributed by atoms with E-state index >= 15 is 0 Å². The van der Waals surface area contributed by atoms with Crippen LogP contribution in [0.4, 0.5) is 13.2 Å². The number of rotatable bonds is 11. The lowest BCUT2D eigenvalue weighted by atomic mass is 10.2. The molecule has 13 heteroatoms. The first-order valence-corrected chi connectivity index (χ1v) is 15.7. The molecule has 0 radical (unpaired) electrons. The molecule has 3 heterocycles. The minimum atomic E-state index is -4.61. The highest BCUT2D eigenvalue weighted by atomic mass is 35.5. The van der Waals surface area contributed by atoms with Crippen LogP contribution in [0, 0.1) is 0 Å². The standard InChI is InChI=1S/C27H34ClF3N6O2Si/c1-17(2)40(18(3)4,19(5)6)39-12-11-38-24-13-23(27(29,30)31)35-37(24)22-9-7-20(8-10-22)16-36-25-21(15-33-36)14-32-26(28)34-25/h7-10,13-15,17-19H,11-12,16H2,1-6H3. The molecule has 0 saturated heterocycles. The SMILES string of the molecule is CC(C)[Si](OCCOc1cc(C(F)(F)F)nn1-c1ccc(Cn2ncc3cnc(Cl)nc32)cc1)(C(C)C)C(C)C. The van der Waals surface area contributed by atoms with Gasteiger partial charge in [-0.3, -0.25) is 0 Å². The third-order valence-corrected chi connectivity index (χ3v) is 13.5. The smallest absolute Gasteiger partial charge is 0.435 e. The molecule has 4 aromatic rings. The van der Waals surface area contributed by atoms with E-state index in [0.29, 0.717) is 34.5 Å². The predicted molar refractivity (Wildman–Crippen MR) is 150 cm³/mol. The van der Waals surface area contributed by atoms with Gasteiger partial charge < -0.3 is 9.16 Å². The Bertz CT molecular complexity index is 1410. The van der Waals surface area contributed by atoms with E-state index in [2.05, 4.69) is 61.7 Å². The summed E-state index contributed by atoms with van der Waals surface area (Å²) in [5, 5.41) is 9.00. The summed E-state index contributed by atoms with van der Waals surface area (Å²) in [5.74, 6) is -0.000931. The molecule has 40 heavy (non-hydrogen) atoms. The molecule has 0 atom stereocenters. The van der Waals surface area contributed by atoms with Crippen molar-refractivity contribution >= 4 is 31.0 Å². The van der Waals surface area contributed by atoms with Gasteiger partial charge in [0.25, 0.3) is 0 Å². The van der Waals surface area contributed by atoms with Gasteiger partial charge in [-0.2, -0.15) is 28.4 Å². The summed E-state index contributed by atoms with van der Waals surface area (Å²) in [6.45, 7) is 13.9. The lowest BCUT2D eigenvalue weighted by Gasteiger charge is -2.42. The molecule has 8 nitrogen and oxygen atoms in total. The van der Waals surface area contributed by atoms with Gasteiger partial charge in [0.1, 0.15) is 6.61 Å². The number of benzene rings is 1. The van der Waals surface area contributed by atoms with Crippen LogP contribution < -0.4 is 4.74 Å². The zero-order valence-electron chi connectivity index (χ0n) is 23.4. The van der Waals surface area contributed by atoms with E-state index in [1.165, 1.54) is 4.68 Å². The Labute approximate surface area is 237 Å². The van der Waals surface area contributed by atoms with Crippen LogP contribution in [-0.4, -0.2) is 51.1 Å². The zero-order valence-corrected chi connectivity index (χ0v) is 25.2. The minimum Gasteiger partial charge on any atom is -0.475 e. The van der Waals surface area contributed by atoms with Crippen LogP contribution >= 0.6 is 11.6 Å². The fraction of sp³-hybridized carbons (Fsp3) is 0.481. The predicted octanol–water partition coefficient (Wildman–Crippen LogP) is 7.30. The van der Waals surface area contributed by atoms with Crippen LogP contribution in [0.1, 0.15) is 52.8 Å². The number of hydrogen-bond donors (Lipinski definition) is 0. The Hall–Kier alpha value is -2.96. The summed E-state index contributed by atoms with van der Waals surface area (Å²) < 4.78 is 55.9. The molecule has 3 aromatic heterocycles. The highest BCUT2D eigenvalue weighted by Crippen LogP contribution is 2.42. The fourth-order valence-electron chi connectivity index (χ4n) is 5.53. The molecule has 0 aliphatic rings. The average molecular weight is 595 g/mol. The second-order valence-corrected chi connectivity index (χ2v) is 16.5. The summed E-state index contributed by atoms with van der Waals surface area (Å²) in [4.78, 5) is 8.18. The first kappa shape index (κ1) is 30.0. The van der Waals surface area contributed by atoms with Crippen molar-refractivity contribution in [1.82, 2.24) is 29.5 Å². The third kappa shape index (κ3) is 6.18. The molecule has 1 aromatic carbocycles. The van der Waals surface area contributed by atoms with Crippen molar-refractivity contribution in [2.75, 3.05) is 13.2 Å². The van der Waals surface area contributed by atoms with Crippen LogP contribution in [0.15, 0.2) is 42.7 Å². The second kappa shape index (κ2) is 11.9. The lowest BCUT2D eigenvalue weighted by Crippen LogP contribution is -2.48. The van der Waals surface area contributed by atoms with Crippen molar-refractivity contribution in [1.29, 1.82) is 0 Å². The van der Waals surface area contributed by atoms with E-state index in [4.69, 9.17) is 20.8 Å². The summed E-state index contributed by atoms with van der Waals surface area (Å²) >= 11 is 5.93. The molecule has 0 N–H and O–H groups in total. The van der Waals surface area contributed by atoms with Gasteiger partial charge in [0.05, 0.1) is 30.4 Å². The summed E-state index contributed by atoms with van der Waals surface area (Å²) in [7, 11) is -2.13. The zero-order chi connectivity index (χ0) is 29.2. The maximum absolute atomic E-state index is 13.6. The van der Waals surface area contributed by atoms with E-state index < -0.39 is 20.2 Å². The maximum atomic E-state index is 13.6. The van der Waals surface area contributed by atoms with Crippen LogP contribution in [0.5, 0.6) is 5.88 Å². The van der Waals surface area contributed by atoms with Gasteiger partial charge in [0, 0.05) is 12.3 Å².